The Morgan fingerprint density at radius 3 is 1.74 bits per heavy atom. The van der Waals surface area contributed by atoms with Crippen LogP contribution in [0.2, 0.25) is 0 Å². The van der Waals surface area contributed by atoms with E-state index < -0.39 is 0 Å². The van der Waals surface area contributed by atoms with Crippen LogP contribution < -0.4 is 0 Å². The van der Waals surface area contributed by atoms with Gasteiger partial charge in [-0.2, -0.15) is 0 Å². The van der Waals surface area contributed by atoms with Crippen molar-refractivity contribution in [2.24, 2.45) is 0 Å². The highest BCUT2D eigenvalue weighted by Gasteiger charge is 2.30. The summed E-state index contributed by atoms with van der Waals surface area (Å²) in [4.78, 5) is 0. The lowest BCUT2D eigenvalue weighted by Crippen LogP contribution is -2.22. The Balaban J connectivity index is 0.00000180. The molecule has 0 aliphatic heterocycles. The molecular weight excluding hydrogens is 315 g/mol. The van der Waals surface area contributed by atoms with Crippen molar-refractivity contribution >= 4 is 24.9 Å². The quantitative estimate of drug-likeness (QED) is 0.286. The van der Waals surface area contributed by atoms with Gasteiger partial charge in [-0.1, -0.05) is 44.6 Å². The molecule has 0 saturated heterocycles. The zero-order valence-corrected chi connectivity index (χ0v) is 15.1. The molecule has 0 radical (unpaired) electrons. The zero-order chi connectivity index (χ0) is 12.6. The van der Waals surface area contributed by atoms with Gasteiger partial charge < -0.3 is 0 Å². The standard InChI is InChI=1S/C17H31P.BrH/c1-2-3-10-15-18(16-11-6-4-7-12-16)17-13-8-5-9-14-17;/h2,16-17H,1,3-15H2;1H. The van der Waals surface area contributed by atoms with Crippen LogP contribution in [0.3, 0.4) is 0 Å². The summed E-state index contributed by atoms with van der Waals surface area (Å²) in [5.74, 6) is 0. The Kier molecular flexibility index (Phi) is 9.68. The van der Waals surface area contributed by atoms with E-state index >= 15 is 0 Å². The minimum absolute atomic E-state index is 0. The predicted molar refractivity (Wildman–Crippen MR) is 95.3 cm³/mol. The lowest BCUT2D eigenvalue weighted by molar-refractivity contribution is 0.483. The van der Waals surface area contributed by atoms with Gasteiger partial charge in [0.1, 0.15) is 0 Å². The van der Waals surface area contributed by atoms with Crippen LogP contribution in [0.5, 0.6) is 0 Å². The van der Waals surface area contributed by atoms with Crippen molar-refractivity contribution in [1.82, 2.24) is 0 Å². The van der Waals surface area contributed by atoms with Gasteiger partial charge in [0.15, 0.2) is 0 Å². The molecule has 2 fully saturated rings. The summed E-state index contributed by atoms with van der Waals surface area (Å²) >= 11 is 0. The van der Waals surface area contributed by atoms with Crippen molar-refractivity contribution < 1.29 is 0 Å². The zero-order valence-electron chi connectivity index (χ0n) is 12.5. The second-order valence-corrected chi connectivity index (χ2v) is 9.19. The molecule has 2 heteroatoms. The maximum Gasteiger partial charge on any atom is -0.0207 e. The van der Waals surface area contributed by atoms with Crippen LogP contribution in [0.15, 0.2) is 12.7 Å². The summed E-state index contributed by atoms with van der Waals surface area (Å²) in [5, 5.41) is 0. The van der Waals surface area contributed by atoms with E-state index in [4.69, 9.17) is 0 Å². The van der Waals surface area contributed by atoms with E-state index in [0.717, 1.165) is 11.3 Å². The number of rotatable bonds is 6. The van der Waals surface area contributed by atoms with Crippen molar-refractivity contribution in [3.05, 3.63) is 12.7 Å². The van der Waals surface area contributed by atoms with Gasteiger partial charge in [-0.25, -0.2) is 0 Å². The molecule has 2 aliphatic carbocycles. The van der Waals surface area contributed by atoms with E-state index in [-0.39, 0.29) is 17.0 Å². The molecule has 0 amide bonds. The highest BCUT2D eigenvalue weighted by molar-refractivity contribution is 8.93. The van der Waals surface area contributed by atoms with Gasteiger partial charge >= 0.3 is 0 Å². The summed E-state index contributed by atoms with van der Waals surface area (Å²) in [7, 11) is 0.344. The average Bonchev–Trinajstić information content (AvgIpc) is 2.46. The fourth-order valence-electron chi connectivity index (χ4n) is 3.91. The molecule has 2 aliphatic rings. The molecule has 0 nitrogen and oxygen atoms in total. The van der Waals surface area contributed by atoms with E-state index in [9.17, 15) is 0 Å². The van der Waals surface area contributed by atoms with Crippen LogP contribution in [0.1, 0.15) is 77.0 Å². The van der Waals surface area contributed by atoms with Crippen LogP contribution in [0, 0.1) is 0 Å². The molecule has 0 bridgehead atoms. The molecular formula is C17H32BrP. The number of unbranched alkanes of at least 4 members (excludes halogenated alkanes) is 1. The first-order chi connectivity index (χ1) is 8.92. The number of halogens is 1. The third-order valence-corrected chi connectivity index (χ3v) is 8.65. The Morgan fingerprint density at radius 2 is 1.32 bits per heavy atom. The molecule has 19 heavy (non-hydrogen) atoms. The summed E-state index contributed by atoms with van der Waals surface area (Å²) in [6.45, 7) is 3.89. The Hall–Kier alpha value is 0.650. The third-order valence-electron chi connectivity index (χ3n) is 4.91. The third kappa shape index (κ3) is 5.88. The van der Waals surface area contributed by atoms with Crippen LogP contribution in [-0.4, -0.2) is 17.5 Å². The Morgan fingerprint density at radius 1 is 0.842 bits per heavy atom. The maximum atomic E-state index is 3.89. The van der Waals surface area contributed by atoms with Crippen LogP contribution in [-0.2, 0) is 0 Å². The normalized spacial score (nSPS) is 22.2. The van der Waals surface area contributed by atoms with Gasteiger partial charge in [-0.3, -0.25) is 0 Å². The smallest absolute Gasteiger partial charge is 0.0207 e. The molecule has 2 saturated carbocycles. The van der Waals surface area contributed by atoms with Crippen LogP contribution in [0.25, 0.3) is 0 Å². The van der Waals surface area contributed by atoms with E-state index in [1.54, 1.807) is 31.8 Å². The molecule has 0 unspecified atom stereocenters. The lowest BCUT2D eigenvalue weighted by atomic mass is 9.99. The molecule has 0 spiro atoms. The molecule has 0 aromatic rings. The average molecular weight is 347 g/mol. The first-order valence-corrected chi connectivity index (χ1v) is 9.95. The highest BCUT2D eigenvalue weighted by atomic mass is 79.9. The largest absolute Gasteiger partial charge is 0.114 e. The fourth-order valence-corrected chi connectivity index (χ4v) is 7.84. The topological polar surface area (TPSA) is 0 Å². The maximum absolute atomic E-state index is 3.89. The summed E-state index contributed by atoms with van der Waals surface area (Å²) in [5.41, 5.74) is 2.28. The minimum Gasteiger partial charge on any atom is -0.114 e. The second-order valence-electron chi connectivity index (χ2n) is 6.25. The molecule has 2 rings (SSSR count). The van der Waals surface area contributed by atoms with Gasteiger partial charge in [-0.05, 0) is 56.0 Å². The van der Waals surface area contributed by atoms with Crippen molar-refractivity contribution in [3.63, 3.8) is 0 Å². The first kappa shape index (κ1) is 17.7. The molecule has 0 N–H and O–H groups in total. The summed E-state index contributed by atoms with van der Waals surface area (Å²) in [6, 6.07) is 0. The minimum atomic E-state index is 0. The molecule has 0 atom stereocenters. The van der Waals surface area contributed by atoms with Gasteiger partial charge in [0.05, 0.1) is 0 Å². The number of hydrogen-bond acceptors (Lipinski definition) is 0. The number of hydrogen-bond donors (Lipinski definition) is 0. The van der Waals surface area contributed by atoms with Gasteiger partial charge in [0.2, 0.25) is 0 Å². The van der Waals surface area contributed by atoms with Crippen molar-refractivity contribution in [2.75, 3.05) is 6.16 Å². The van der Waals surface area contributed by atoms with Crippen molar-refractivity contribution in [1.29, 1.82) is 0 Å². The number of allylic oxidation sites excluding steroid dienone is 1. The SMILES string of the molecule is Br.C=CCCCP(C1CCCCC1)C1CCCCC1. The lowest BCUT2D eigenvalue weighted by Gasteiger charge is -2.38. The van der Waals surface area contributed by atoms with Gasteiger partial charge in [-0.15, -0.1) is 31.5 Å². The Labute approximate surface area is 132 Å². The van der Waals surface area contributed by atoms with E-state index in [2.05, 4.69) is 12.7 Å². The predicted octanol–water partition coefficient (Wildman–Crippen LogP) is 6.68. The van der Waals surface area contributed by atoms with E-state index in [0.29, 0.717) is 7.92 Å². The molecule has 0 aromatic heterocycles. The van der Waals surface area contributed by atoms with E-state index in [1.807, 2.05) is 0 Å². The fraction of sp³-hybridized carbons (Fsp3) is 0.882. The summed E-state index contributed by atoms with van der Waals surface area (Å²) < 4.78 is 0. The monoisotopic (exact) mass is 346 g/mol. The molecule has 112 valence electrons. The van der Waals surface area contributed by atoms with Crippen molar-refractivity contribution in [3.8, 4) is 0 Å². The van der Waals surface area contributed by atoms with Crippen LogP contribution >= 0.6 is 24.9 Å². The molecule has 0 aromatic carbocycles. The van der Waals surface area contributed by atoms with E-state index in [1.165, 1.54) is 51.4 Å². The van der Waals surface area contributed by atoms with Crippen LogP contribution in [0.4, 0.5) is 0 Å². The summed E-state index contributed by atoms with van der Waals surface area (Å²) in [6.07, 6.45) is 21.7. The first-order valence-electron chi connectivity index (χ1n) is 8.28. The van der Waals surface area contributed by atoms with Crippen molar-refractivity contribution in [2.45, 2.75) is 88.4 Å². The molecule has 0 heterocycles. The second kappa shape index (κ2) is 10.4. The van der Waals surface area contributed by atoms with Gasteiger partial charge in [0, 0.05) is 0 Å². The Bertz CT molecular complexity index is 211. The van der Waals surface area contributed by atoms with Gasteiger partial charge in [0.25, 0.3) is 0 Å². The highest BCUT2D eigenvalue weighted by Crippen LogP contribution is 2.56.